The van der Waals surface area contributed by atoms with Crippen molar-refractivity contribution in [2.45, 2.75) is 19.7 Å². The lowest BCUT2D eigenvalue weighted by atomic mass is 10.1. The molecule has 0 aliphatic heterocycles. The van der Waals surface area contributed by atoms with Crippen LogP contribution in [0.15, 0.2) is 53.7 Å². The molecule has 21 heavy (non-hydrogen) atoms. The average molecular weight is 292 g/mol. The Morgan fingerprint density at radius 2 is 1.71 bits per heavy atom. The summed E-state index contributed by atoms with van der Waals surface area (Å²) in [6.45, 7) is 2.25. The summed E-state index contributed by atoms with van der Waals surface area (Å²) in [7, 11) is 0. The molecule has 0 aromatic heterocycles. The summed E-state index contributed by atoms with van der Waals surface area (Å²) in [4.78, 5) is 5.09. The fraction of sp³-hybridized carbons (Fsp3) is 0.188. The Labute approximate surface area is 120 Å². The first kappa shape index (κ1) is 15.1. The zero-order valence-electron chi connectivity index (χ0n) is 11.3. The van der Waals surface area contributed by atoms with Gasteiger partial charge in [-0.1, -0.05) is 41.6 Å². The summed E-state index contributed by atoms with van der Waals surface area (Å²) in [5, 5.41) is 3.64. The smallest absolute Gasteiger partial charge is 0.390 e. The molecule has 0 fully saturated rings. The van der Waals surface area contributed by atoms with Crippen LogP contribution in [-0.4, -0.2) is 6.21 Å². The first-order valence-corrected chi connectivity index (χ1v) is 6.26. The third kappa shape index (κ3) is 4.34. The van der Waals surface area contributed by atoms with E-state index in [9.17, 15) is 13.2 Å². The van der Waals surface area contributed by atoms with E-state index < -0.39 is 11.7 Å². The van der Waals surface area contributed by atoms with Crippen LogP contribution in [0.5, 0.6) is 0 Å². The van der Waals surface area contributed by atoms with E-state index in [1.807, 2.05) is 31.2 Å². The van der Waals surface area contributed by atoms with Gasteiger partial charge in [0, 0.05) is 5.56 Å². The van der Waals surface area contributed by atoms with Crippen LogP contribution in [0.4, 0.5) is 13.2 Å². The van der Waals surface area contributed by atoms with E-state index >= 15 is 0 Å². The van der Waals surface area contributed by atoms with Crippen LogP contribution in [0.25, 0.3) is 0 Å². The third-order valence-electron chi connectivity index (χ3n) is 2.93. The van der Waals surface area contributed by atoms with Gasteiger partial charge in [-0.25, -0.2) is 0 Å². The van der Waals surface area contributed by atoms with Crippen LogP contribution in [0.3, 0.4) is 0 Å². The molecule has 0 saturated heterocycles. The Balaban J connectivity index is 1.92. The molecule has 109 valence electrons. The molecule has 2 nitrogen and oxygen atoms in total. The molecule has 1 radical (unpaired) electrons. The SMILES string of the molecule is Cc1ccccc1CO/N=[C]\c1ccc(C(F)(F)F)cc1. The predicted octanol–water partition coefficient (Wildman–Crippen LogP) is 4.44. The van der Waals surface area contributed by atoms with Gasteiger partial charge in [0.15, 0.2) is 0 Å². The average Bonchev–Trinajstić information content (AvgIpc) is 2.45. The summed E-state index contributed by atoms with van der Waals surface area (Å²) in [6.07, 6.45) is -1.79. The van der Waals surface area contributed by atoms with Crippen LogP contribution in [-0.2, 0) is 17.6 Å². The molecule has 0 atom stereocenters. The maximum absolute atomic E-state index is 12.4. The lowest BCUT2D eigenvalue weighted by molar-refractivity contribution is -0.137. The van der Waals surface area contributed by atoms with Crippen LogP contribution >= 0.6 is 0 Å². The molecule has 0 heterocycles. The molecule has 0 bridgehead atoms. The second-order valence-electron chi connectivity index (χ2n) is 4.48. The highest BCUT2D eigenvalue weighted by Crippen LogP contribution is 2.28. The number of alkyl halides is 3. The van der Waals surface area contributed by atoms with E-state index in [2.05, 4.69) is 11.4 Å². The fourth-order valence-electron chi connectivity index (χ4n) is 1.69. The molecule has 0 saturated carbocycles. The van der Waals surface area contributed by atoms with Crippen molar-refractivity contribution in [2.75, 3.05) is 0 Å². The lowest BCUT2D eigenvalue weighted by Crippen LogP contribution is -2.04. The van der Waals surface area contributed by atoms with Gasteiger partial charge < -0.3 is 4.84 Å². The van der Waals surface area contributed by atoms with Crippen molar-refractivity contribution in [2.24, 2.45) is 5.16 Å². The number of nitrogens with zero attached hydrogens (tertiary/aromatic N) is 1. The summed E-state index contributed by atoms with van der Waals surface area (Å²) in [5.41, 5.74) is 1.80. The van der Waals surface area contributed by atoms with Crippen molar-refractivity contribution < 1.29 is 18.0 Å². The molecule has 0 spiro atoms. The Morgan fingerprint density at radius 1 is 1.05 bits per heavy atom. The molecule has 0 N–H and O–H groups in total. The van der Waals surface area contributed by atoms with E-state index in [0.29, 0.717) is 12.2 Å². The second-order valence-corrected chi connectivity index (χ2v) is 4.48. The Hall–Kier alpha value is -2.30. The van der Waals surface area contributed by atoms with Gasteiger partial charge in [0.1, 0.15) is 12.8 Å². The Morgan fingerprint density at radius 3 is 2.33 bits per heavy atom. The quantitative estimate of drug-likeness (QED) is 0.603. The van der Waals surface area contributed by atoms with Crippen LogP contribution in [0, 0.1) is 6.92 Å². The van der Waals surface area contributed by atoms with E-state index in [1.54, 1.807) is 0 Å². The minimum atomic E-state index is -4.34. The molecule has 2 rings (SSSR count). The highest BCUT2D eigenvalue weighted by molar-refractivity contribution is 5.79. The molecule has 2 aromatic carbocycles. The molecule has 2 aromatic rings. The fourth-order valence-corrected chi connectivity index (χ4v) is 1.69. The van der Waals surface area contributed by atoms with Gasteiger partial charge in [-0.15, -0.1) is 0 Å². The number of halogens is 3. The monoisotopic (exact) mass is 292 g/mol. The second kappa shape index (κ2) is 6.43. The number of aryl methyl sites for hydroxylation is 1. The van der Waals surface area contributed by atoms with Gasteiger partial charge in [0.05, 0.1) is 5.56 Å². The van der Waals surface area contributed by atoms with E-state index in [1.165, 1.54) is 12.1 Å². The van der Waals surface area contributed by atoms with Crippen molar-refractivity contribution in [3.63, 3.8) is 0 Å². The van der Waals surface area contributed by atoms with E-state index in [0.717, 1.165) is 23.3 Å². The first-order chi connectivity index (χ1) is 9.97. The molecule has 0 aliphatic rings. The van der Waals surface area contributed by atoms with E-state index in [4.69, 9.17) is 4.84 Å². The van der Waals surface area contributed by atoms with Crippen molar-refractivity contribution in [1.29, 1.82) is 0 Å². The lowest BCUT2D eigenvalue weighted by Gasteiger charge is -2.05. The largest absolute Gasteiger partial charge is 0.416 e. The van der Waals surface area contributed by atoms with Crippen LogP contribution < -0.4 is 0 Å². The summed E-state index contributed by atoms with van der Waals surface area (Å²) >= 11 is 0. The third-order valence-corrected chi connectivity index (χ3v) is 2.93. The molecular formula is C16H13F3NO. The van der Waals surface area contributed by atoms with Gasteiger partial charge in [0.2, 0.25) is 0 Å². The standard InChI is InChI=1S/C16H13F3NO/c1-12-4-2-3-5-14(12)11-21-20-10-13-6-8-15(9-7-13)16(17,18)19/h2-9H,11H2,1H3. The van der Waals surface area contributed by atoms with Gasteiger partial charge in [0.25, 0.3) is 0 Å². The van der Waals surface area contributed by atoms with Crippen molar-refractivity contribution in [1.82, 2.24) is 0 Å². The molecule has 0 unspecified atom stereocenters. The van der Waals surface area contributed by atoms with Crippen molar-refractivity contribution in [3.05, 3.63) is 70.8 Å². The minimum absolute atomic E-state index is 0.292. The topological polar surface area (TPSA) is 21.6 Å². The predicted molar refractivity (Wildman–Crippen MR) is 73.9 cm³/mol. The molecule has 5 heteroatoms. The number of hydrogen-bond donors (Lipinski definition) is 0. The maximum atomic E-state index is 12.4. The van der Waals surface area contributed by atoms with Gasteiger partial charge in [-0.3, -0.25) is 0 Å². The highest BCUT2D eigenvalue weighted by Gasteiger charge is 2.29. The summed E-state index contributed by atoms with van der Waals surface area (Å²) in [5.74, 6) is 0. The molecular weight excluding hydrogens is 279 g/mol. The van der Waals surface area contributed by atoms with Crippen LogP contribution in [0.2, 0.25) is 0 Å². The first-order valence-electron chi connectivity index (χ1n) is 6.26. The van der Waals surface area contributed by atoms with E-state index in [-0.39, 0.29) is 0 Å². The summed E-state index contributed by atoms with van der Waals surface area (Å²) in [6, 6.07) is 12.3. The van der Waals surface area contributed by atoms with Gasteiger partial charge in [-0.2, -0.15) is 13.2 Å². The van der Waals surface area contributed by atoms with Crippen LogP contribution in [0.1, 0.15) is 22.3 Å². The van der Waals surface area contributed by atoms with Crippen molar-refractivity contribution >= 4 is 6.21 Å². The number of rotatable bonds is 4. The maximum Gasteiger partial charge on any atom is 0.416 e. The number of benzene rings is 2. The Bertz CT molecular complexity index is 618. The zero-order valence-corrected chi connectivity index (χ0v) is 11.3. The highest BCUT2D eigenvalue weighted by atomic mass is 19.4. The molecule has 0 amide bonds. The van der Waals surface area contributed by atoms with Crippen molar-refractivity contribution in [3.8, 4) is 0 Å². The van der Waals surface area contributed by atoms with Gasteiger partial charge >= 0.3 is 6.18 Å². The number of hydrogen-bond acceptors (Lipinski definition) is 2. The summed E-state index contributed by atoms with van der Waals surface area (Å²) < 4.78 is 37.1. The normalized spacial score (nSPS) is 11.8. The Kier molecular flexibility index (Phi) is 4.62. The zero-order chi connectivity index (χ0) is 15.3. The van der Waals surface area contributed by atoms with Gasteiger partial charge in [-0.05, 0) is 30.2 Å². The molecule has 0 aliphatic carbocycles. The minimum Gasteiger partial charge on any atom is -0.390 e.